The lowest BCUT2D eigenvalue weighted by Gasteiger charge is -2.25. The van der Waals surface area contributed by atoms with Gasteiger partial charge in [0.25, 0.3) is 11.7 Å². The summed E-state index contributed by atoms with van der Waals surface area (Å²) in [6.07, 6.45) is 0. The second-order valence-corrected chi connectivity index (χ2v) is 8.40. The second-order valence-electron chi connectivity index (χ2n) is 6.57. The standard InChI is InChI=1S/C23H15Br2NO3/c24-16-11-9-14(10-12-16)20-19(21(27)15-5-2-1-3-6-15)22(28)23(29)26(20)18-8-4-7-17(25)13-18/h1-13,20,27H/t20-/m1/s1. The van der Waals surface area contributed by atoms with Crippen LogP contribution in [-0.4, -0.2) is 16.8 Å². The first-order valence-electron chi connectivity index (χ1n) is 8.85. The molecule has 0 aliphatic carbocycles. The molecule has 0 saturated carbocycles. The number of amides is 1. The molecule has 1 atom stereocenters. The number of hydrogen-bond donors (Lipinski definition) is 1. The van der Waals surface area contributed by atoms with Gasteiger partial charge in [0.05, 0.1) is 11.6 Å². The molecule has 1 aliphatic rings. The fraction of sp³-hybridized carbons (Fsp3) is 0.0435. The largest absolute Gasteiger partial charge is 0.507 e. The molecule has 0 aromatic heterocycles. The van der Waals surface area contributed by atoms with Crippen LogP contribution in [0.1, 0.15) is 17.2 Å². The number of hydrogen-bond acceptors (Lipinski definition) is 3. The van der Waals surface area contributed by atoms with E-state index in [1.54, 1.807) is 42.5 Å². The molecule has 1 fully saturated rings. The summed E-state index contributed by atoms with van der Waals surface area (Å²) in [5, 5.41) is 11.0. The molecule has 4 rings (SSSR count). The number of Topliss-reactive ketones (excluding diaryl/α,β-unsaturated/α-hetero) is 1. The first-order valence-corrected chi connectivity index (χ1v) is 10.4. The van der Waals surface area contributed by atoms with Gasteiger partial charge in [0.15, 0.2) is 0 Å². The van der Waals surface area contributed by atoms with Crippen LogP contribution in [-0.2, 0) is 9.59 Å². The van der Waals surface area contributed by atoms with Crippen LogP contribution in [0.4, 0.5) is 5.69 Å². The molecule has 144 valence electrons. The van der Waals surface area contributed by atoms with Crippen molar-refractivity contribution in [3.63, 3.8) is 0 Å². The van der Waals surface area contributed by atoms with E-state index in [1.807, 2.05) is 36.4 Å². The SMILES string of the molecule is O=C1C(=O)N(c2cccc(Br)c2)[C@H](c2ccc(Br)cc2)C1=C(O)c1ccccc1. The van der Waals surface area contributed by atoms with Crippen LogP contribution in [0.25, 0.3) is 5.76 Å². The van der Waals surface area contributed by atoms with Crippen molar-refractivity contribution < 1.29 is 14.7 Å². The third-order valence-corrected chi connectivity index (χ3v) is 5.79. The van der Waals surface area contributed by atoms with Gasteiger partial charge in [-0.05, 0) is 35.9 Å². The average Bonchev–Trinajstić information content (AvgIpc) is 2.99. The average molecular weight is 513 g/mol. The molecule has 0 spiro atoms. The van der Waals surface area contributed by atoms with Gasteiger partial charge in [0.2, 0.25) is 0 Å². The number of rotatable bonds is 3. The quantitative estimate of drug-likeness (QED) is 0.272. The first-order chi connectivity index (χ1) is 14.0. The van der Waals surface area contributed by atoms with E-state index < -0.39 is 17.7 Å². The summed E-state index contributed by atoms with van der Waals surface area (Å²) in [4.78, 5) is 27.5. The summed E-state index contributed by atoms with van der Waals surface area (Å²) in [5.41, 5.74) is 1.86. The highest BCUT2D eigenvalue weighted by Crippen LogP contribution is 2.42. The van der Waals surface area contributed by atoms with Gasteiger partial charge >= 0.3 is 0 Å². The van der Waals surface area contributed by atoms with Crippen LogP contribution >= 0.6 is 31.9 Å². The van der Waals surface area contributed by atoms with E-state index in [0.717, 1.165) is 14.5 Å². The Kier molecular flexibility index (Phi) is 5.39. The third-order valence-electron chi connectivity index (χ3n) is 4.76. The molecule has 1 saturated heterocycles. The molecule has 1 heterocycles. The normalized spacial score (nSPS) is 18.3. The van der Waals surface area contributed by atoms with Crippen LogP contribution in [0.2, 0.25) is 0 Å². The molecule has 3 aromatic carbocycles. The summed E-state index contributed by atoms with van der Waals surface area (Å²) < 4.78 is 1.67. The number of aliphatic hydroxyl groups is 1. The Morgan fingerprint density at radius 2 is 1.52 bits per heavy atom. The molecule has 3 aromatic rings. The molecule has 1 N–H and O–H groups in total. The van der Waals surface area contributed by atoms with E-state index in [2.05, 4.69) is 31.9 Å². The predicted octanol–water partition coefficient (Wildman–Crippen LogP) is 5.84. The molecule has 4 nitrogen and oxygen atoms in total. The minimum atomic E-state index is -0.738. The minimum absolute atomic E-state index is 0.0727. The molecular weight excluding hydrogens is 498 g/mol. The fourth-order valence-corrected chi connectivity index (χ4v) is 4.09. The van der Waals surface area contributed by atoms with E-state index >= 15 is 0 Å². The van der Waals surface area contributed by atoms with E-state index in [0.29, 0.717) is 11.3 Å². The van der Waals surface area contributed by atoms with Crippen molar-refractivity contribution in [2.75, 3.05) is 4.90 Å². The lowest BCUT2D eigenvalue weighted by Crippen LogP contribution is -2.29. The van der Waals surface area contributed by atoms with Gasteiger partial charge in [-0.15, -0.1) is 0 Å². The van der Waals surface area contributed by atoms with Gasteiger partial charge in [0, 0.05) is 20.2 Å². The minimum Gasteiger partial charge on any atom is -0.507 e. The number of nitrogens with zero attached hydrogens (tertiary/aromatic N) is 1. The number of benzene rings is 3. The zero-order chi connectivity index (χ0) is 20.5. The number of anilines is 1. The van der Waals surface area contributed by atoms with Crippen molar-refractivity contribution in [1.82, 2.24) is 0 Å². The van der Waals surface area contributed by atoms with Crippen molar-refractivity contribution in [3.05, 3.63) is 105 Å². The van der Waals surface area contributed by atoms with E-state index in [1.165, 1.54) is 4.90 Å². The maximum absolute atomic E-state index is 13.0. The predicted molar refractivity (Wildman–Crippen MR) is 120 cm³/mol. The van der Waals surface area contributed by atoms with Crippen LogP contribution in [0.5, 0.6) is 0 Å². The Hall–Kier alpha value is -2.70. The summed E-state index contributed by atoms with van der Waals surface area (Å²) in [7, 11) is 0. The Morgan fingerprint density at radius 3 is 2.17 bits per heavy atom. The molecule has 1 amide bonds. The van der Waals surface area contributed by atoms with Crippen LogP contribution in [0, 0.1) is 0 Å². The van der Waals surface area contributed by atoms with Gasteiger partial charge in [-0.3, -0.25) is 14.5 Å². The summed E-state index contributed by atoms with van der Waals surface area (Å²) in [5.74, 6) is -1.57. The lowest BCUT2D eigenvalue weighted by atomic mass is 9.95. The Morgan fingerprint density at radius 1 is 0.828 bits per heavy atom. The van der Waals surface area contributed by atoms with Crippen molar-refractivity contribution >= 4 is 55.0 Å². The van der Waals surface area contributed by atoms with Crippen molar-refractivity contribution in [3.8, 4) is 0 Å². The van der Waals surface area contributed by atoms with Crippen molar-refractivity contribution in [1.29, 1.82) is 0 Å². The molecule has 29 heavy (non-hydrogen) atoms. The first kappa shape index (κ1) is 19.6. The Balaban J connectivity index is 1.96. The Bertz CT molecular complexity index is 1120. The maximum atomic E-state index is 13.0. The summed E-state index contributed by atoms with van der Waals surface area (Å²) >= 11 is 6.83. The molecular formula is C23H15Br2NO3. The molecule has 6 heteroatoms. The highest BCUT2D eigenvalue weighted by atomic mass is 79.9. The topological polar surface area (TPSA) is 57.6 Å². The maximum Gasteiger partial charge on any atom is 0.300 e. The zero-order valence-electron chi connectivity index (χ0n) is 15.0. The van der Waals surface area contributed by atoms with E-state index in [-0.39, 0.29) is 11.3 Å². The number of aliphatic hydroxyl groups excluding tert-OH is 1. The highest BCUT2D eigenvalue weighted by Gasteiger charge is 2.46. The number of ketones is 1. The van der Waals surface area contributed by atoms with Crippen LogP contribution in [0.3, 0.4) is 0 Å². The smallest absolute Gasteiger partial charge is 0.300 e. The number of carbonyl (C=O) groups excluding carboxylic acids is 2. The van der Waals surface area contributed by atoms with Gasteiger partial charge in [-0.25, -0.2) is 0 Å². The van der Waals surface area contributed by atoms with Crippen LogP contribution < -0.4 is 4.90 Å². The van der Waals surface area contributed by atoms with E-state index in [4.69, 9.17) is 0 Å². The van der Waals surface area contributed by atoms with Gasteiger partial charge in [-0.2, -0.15) is 0 Å². The van der Waals surface area contributed by atoms with Crippen molar-refractivity contribution in [2.45, 2.75) is 6.04 Å². The lowest BCUT2D eigenvalue weighted by molar-refractivity contribution is -0.132. The van der Waals surface area contributed by atoms with Gasteiger partial charge in [0.1, 0.15) is 5.76 Å². The van der Waals surface area contributed by atoms with Crippen LogP contribution in [0.15, 0.2) is 93.4 Å². The Labute approximate surface area is 184 Å². The summed E-state index contributed by atoms with van der Waals surface area (Å²) in [6, 6.07) is 22.6. The third kappa shape index (κ3) is 3.66. The number of carbonyl (C=O) groups is 2. The molecule has 0 unspecified atom stereocenters. The molecule has 0 radical (unpaired) electrons. The van der Waals surface area contributed by atoms with E-state index in [9.17, 15) is 14.7 Å². The zero-order valence-corrected chi connectivity index (χ0v) is 18.2. The number of halogens is 2. The fourth-order valence-electron chi connectivity index (χ4n) is 3.44. The van der Waals surface area contributed by atoms with Gasteiger partial charge in [-0.1, -0.05) is 80.4 Å². The second kappa shape index (κ2) is 7.97. The molecule has 0 bridgehead atoms. The van der Waals surface area contributed by atoms with Crippen molar-refractivity contribution in [2.24, 2.45) is 0 Å². The monoisotopic (exact) mass is 511 g/mol. The molecule has 1 aliphatic heterocycles. The van der Waals surface area contributed by atoms with Gasteiger partial charge < -0.3 is 5.11 Å². The highest BCUT2D eigenvalue weighted by molar-refractivity contribution is 9.10. The summed E-state index contributed by atoms with van der Waals surface area (Å²) in [6.45, 7) is 0.